The van der Waals surface area contributed by atoms with Crippen molar-refractivity contribution in [1.29, 1.82) is 0 Å². The maximum Gasteiger partial charge on any atom is 0.329 e. The minimum atomic E-state index is -1.28. The Kier molecular flexibility index (Phi) is 7.67. The van der Waals surface area contributed by atoms with E-state index in [9.17, 15) is 29.3 Å². The molecule has 3 rings (SSSR count). The minimum absolute atomic E-state index is 0.0103. The van der Waals surface area contributed by atoms with Gasteiger partial charge < -0.3 is 15.4 Å². The first-order valence-corrected chi connectivity index (χ1v) is 10.9. The number of esters is 1. The molecule has 2 N–H and O–H groups in total. The fourth-order valence-electron chi connectivity index (χ4n) is 3.37. The van der Waals surface area contributed by atoms with Crippen molar-refractivity contribution in [3.05, 3.63) is 86.3 Å². The number of benzene rings is 2. The van der Waals surface area contributed by atoms with Gasteiger partial charge in [0.2, 0.25) is 0 Å². The van der Waals surface area contributed by atoms with Crippen molar-refractivity contribution in [3.8, 4) is 5.69 Å². The van der Waals surface area contributed by atoms with Gasteiger partial charge in [0, 0.05) is 24.7 Å². The molecule has 188 valence electrons. The van der Waals surface area contributed by atoms with E-state index in [0.29, 0.717) is 11.4 Å². The quantitative estimate of drug-likeness (QED) is 0.275. The summed E-state index contributed by atoms with van der Waals surface area (Å²) in [4.78, 5) is 60.7. The summed E-state index contributed by atoms with van der Waals surface area (Å²) in [6.07, 6.45) is -1.28. The zero-order valence-corrected chi connectivity index (χ0v) is 20.1. The number of anilines is 1. The Morgan fingerprint density at radius 3 is 2.36 bits per heavy atom. The van der Waals surface area contributed by atoms with E-state index in [2.05, 4.69) is 10.6 Å². The van der Waals surface area contributed by atoms with Crippen LogP contribution < -0.4 is 16.2 Å². The van der Waals surface area contributed by atoms with Gasteiger partial charge in [0.15, 0.2) is 6.10 Å². The summed E-state index contributed by atoms with van der Waals surface area (Å²) in [5.41, 5.74) is 0.413. The molecule has 3 aromatic rings. The second kappa shape index (κ2) is 10.7. The lowest BCUT2D eigenvalue weighted by molar-refractivity contribution is -0.384. The zero-order valence-electron chi connectivity index (χ0n) is 20.1. The molecular formula is C24H25N5O7. The summed E-state index contributed by atoms with van der Waals surface area (Å²) in [6, 6.07) is 12.7. The van der Waals surface area contributed by atoms with Gasteiger partial charge in [0.1, 0.15) is 11.7 Å². The first-order chi connectivity index (χ1) is 17.0. The van der Waals surface area contributed by atoms with E-state index >= 15 is 0 Å². The van der Waals surface area contributed by atoms with E-state index in [1.807, 2.05) is 6.07 Å². The van der Waals surface area contributed by atoms with Crippen molar-refractivity contribution in [2.75, 3.05) is 5.32 Å². The van der Waals surface area contributed by atoms with Gasteiger partial charge in [-0.15, -0.1) is 0 Å². The molecule has 1 unspecified atom stereocenters. The van der Waals surface area contributed by atoms with E-state index < -0.39 is 40.4 Å². The van der Waals surface area contributed by atoms with Crippen LogP contribution in [-0.2, 0) is 21.4 Å². The van der Waals surface area contributed by atoms with Gasteiger partial charge in [-0.25, -0.2) is 9.48 Å². The van der Waals surface area contributed by atoms with Crippen molar-refractivity contribution in [1.82, 2.24) is 14.7 Å². The summed E-state index contributed by atoms with van der Waals surface area (Å²) >= 11 is 0. The van der Waals surface area contributed by atoms with Crippen molar-refractivity contribution in [2.24, 2.45) is 7.05 Å². The number of nitro benzene ring substituents is 1. The molecule has 1 aromatic heterocycles. The van der Waals surface area contributed by atoms with Gasteiger partial charge in [-0.1, -0.05) is 24.3 Å². The van der Waals surface area contributed by atoms with E-state index in [-0.39, 0.29) is 16.9 Å². The number of amides is 2. The average Bonchev–Trinajstić information content (AvgIpc) is 3.07. The molecule has 0 fully saturated rings. The number of nitrogens with one attached hydrogen (secondary N) is 2. The first kappa shape index (κ1) is 25.9. The Morgan fingerprint density at radius 2 is 1.72 bits per heavy atom. The molecule has 0 saturated heterocycles. The van der Waals surface area contributed by atoms with Crippen molar-refractivity contribution in [3.63, 3.8) is 0 Å². The summed E-state index contributed by atoms with van der Waals surface area (Å²) < 4.78 is 8.15. The highest BCUT2D eigenvalue weighted by atomic mass is 16.6. The molecule has 0 saturated carbocycles. The summed E-state index contributed by atoms with van der Waals surface area (Å²) in [5.74, 6) is -2.35. The molecular weight excluding hydrogens is 470 g/mol. The Labute approximate surface area is 205 Å². The Balaban J connectivity index is 1.65. The second-order valence-electron chi connectivity index (χ2n) is 8.01. The van der Waals surface area contributed by atoms with Gasteiger partial charge >= 0.3 is 5.97 Å². The standard InChI is InChI=1S/C24H25N5O7/c1-14(25-22(31)17-9-8-12-19(13-17)29(34)35)24(33)36-16(3)21(30)26-20-15(2)27(4)28(23(20)32)18-10-6-5-7-11-18/h5-14,16H,1-4H3,(H,25,31)(H,26,30)/t14-,16?/m0/s1. The van der Waals surface area contributed by atoms with Crippen LogP contribution in [-0.4, -0.2) is 44.2 Å². The third-order valence-electron chi connectivity index (χ3n) is 5.48. The number of aromatic nitrogens is 2. The molecule has 12 heteroatoms. The predicted octanol–water partition coefficient (Wildman–Crippen LogP) is 2.08. The first-order valence-electron chi connectivity index (χ1n) is 10.9. The Morgan fingerprint density at radius 1 is 1.06 bits per heavy atom. The van der Waals surface area contributed by atoms with E-state index in [1.54, 1.807) is 42.9 Å². The normalized spacial score (nSPS) is 12.3. The molecule has 36 heavy (non-hydrogen) atoms. The van der Waals surface area contributed by atoms with Crippen LogP contribution in [0.4, 0.5) is 11.4 Å². The van der Waals surface area contributed by atoms with E-state index in [0.717, 1.165) is 6.07 Å². The lowest BCUT2D eigenvalue weighted by Gasteiger charge is -2.17. The monoisotopic (exact) mass is 495 g/mol. The average molecular weight is 495 g/mol. The molecule has 0 spiro atoms. The van der Waals surface area contributed by atoms with Crippen molar-refractivity contribution >= 4 is 29.2 Å². The van der Waals surface area contributed by atoms with Crippen LogP contribution >= 0.6 is 0 Å². The summed E-state index contributed by atoms with van der Waals surface area (Å²) in [5, 5.41) is 15.8. The molecule has 0 aliphatic heterocycles. The number of ether oxygens (including phenoxy) is 1. The van der Waals surface area contributed by atoms with Gasteiger partial charge in [-0.2, -0.15) is 0 Å². The number of rotatable bonds is 8. The maximum atomic E-state index is 13.0. The summed E-state index contributed by atoms with van der Waals surface area (Å²) in [7, 11) is 1.68. The van der Waals surface area contributed by atoms with Crippen molar-refractivity contribution in [2.45, 2.75) is 32.9 Å². The SMILES string of the molecule is Cc1c(NC(=O)C(C)OC(=O)[C@H](C)NC(=O)c2cccc([N+](=O)[O-])c2)c(=O)n(-c2ccccc2)n1C. The number of carbonyl (C=O) groups excluding carboxylic acids is 3. The molecule has 2 amide bonds. The smallest absolute Gasteiger partial charge is 0.329 e. The number of hydrogen-bond donors (Lipinski definition) is 2. The lowest BCUT2D eigenvalue weighted by Crippen LogP contribution is -2.42. The van der Waals surface area contributed by atoms with Crippen LogP contribution in [0.15, 0.2) is 59.4 Å². The number of nitro groups is 1. The highest BCUT2D eigenvalue weighted by Gasteiger charge is 2.26. The van der Waals surface area contributed by atoms with Gasteiger partial charge in [0.25, 0.3) is 23.1 Å². The van der Waals surface area contributed by atoms with Crippen molar-refractivity contribution < 1.29 is 24.0 Å². The number of carbonyl (C=O) groups is 3. The third kappa shape index (κ3) is 5.49. The second-order valence-corrected chi connectivity index (χ2v) is 8.01. The number of non-ortho nitro benzene ring substituents is 1. The van der Waals surface area contributed by atoms with E-state index in [1.165, 1.54) is 36.7 Å². The largest absolute Gasteiger partial charge is 0.451 e. The number of hydrogen-bond acceptors (Lipinski definition) is 7. The zero-order chi connectivity index (χ0) is 26.6. The molecule has 0 radical (unpaired) electrons. The fourth-order valence-corrected chi connectivity index (χ4v) is 3.37. The molecule has 1 heterocycles. The molecule has 0 bridgehead atoms. The Bertz CT molecular complexity index is 1380. The summed E-state index contributed by atoms with van der Waals surface area (Å²) in [6.45, 7) is 4.34. The molecule has 2 atom stereocenters. The van der Waals surface area contributed by atoms with Gasteiger partial charge in [-0.3, -0.25) is 29.2 Å². The molecule has 12 nitrogen and oxygen atoms in total. The number of para-hydroxylation sites is 1. The minimum Gasteiger partial charge on any atom is -0.451 e. The van der Waals surface area contributed by atoms with Crippen LogP contribution in [0, 0.1) is 17.0 Å². The Hall–Kier alpha value is -4.74. The molecule has 2 aromatic carbocycles. The highest BCUT2D eigenvalue weighted by Crippen LogP contribution is 2.15. The van der Waals surface area contributed by atoms with Crippen LogP contribution in [0.2, 0.25) is 0 Å². The van der Waals surface area contributed by atoms with Crippen LogP contribution in [0.1, 0.15) is 29.9 Å². The topological polar surface area (TPSA) is 155 Å². The molecule has 0 aliphatic carbocycles. The highest BCUT2D eigenvalue weighted by molar-refractivity contribution is 5.98. The lowest BCUT2D eigenvalue weighted by atomic mass is 10.2. The van der Waals surface area contributed by atoms with Gasteiger partial charge in [0.05, 0.1) is 16.3 Å². The van der Waals surface area contributed by atoms with Crippen LogP contribution in [0.5, 0.6) is 0 Å². The maximum absolute atomic E-state index is 13.0. The number of nitrogens with zero attached hydrogens (tertiary/aromatic N) is 3. The molecule has 0 aliphatic rings. The fraction of sp³-hybridized carbons (Fsp3) is 0.250. The predicted molar refractivity (Wildman–Crippen MR) is 130 cm³/mol. The van der Waals surface area contributed by atoms with Gasteiger partial charge in [-0.05, 0) is 39.0 Å². The van der Waals surface area contributed by atoms with Crippen LogP contribution in [0.3, 0.4) is 0 Å². The third-order valence-corrected chi connectivity index (χ3v) is 5.48. The van der Waals surface area contributed by atoms with Crippen LogP contribution in [0.25, 0.3) is 5.69 Å². The van der Waals surface area contributed by atoms with E-state index in [4.69, 9.17) is 4.74 Å².